The lowest BCUT2D eigenvalue weighted by Gasteiger charge is -2.03. The van der Waals surface area contributed by atoms with Gasteiger partial charge in [-0.3, -0.25) is 10.7 Å². The van der Waals surface area contributed by atoms with Gasteiger partial charge in [-0.1, -0.05) is 0 Å². The molecule has 1 aromatic heterocycles. The number of thiocarbonyl (C=S) groups is 1. The molecule has 0 saturated heterocycles. The first kappa shape index (κ1) is 13.4. The van der Waals surface area contributed by atoms with Crippen LogP contribution in [-0.4, -0.2) is 24.0 Å². The fraction of sp³-hybridized carbons (Fsp3) is 0.222. The molecule has 6 nitrogen and oxygen atoms in total. The number of carbonyl (C=O) groups excluding carboxylic acids is 1. The molecule has 1 heterocycles. The van der Waals surface area contributed by atoms with Gasteiger partial charge in [-0.05, 0) is 30.6 Å². The lowest BCUT2D eigenvalue weighted by molar-refractivity contribution is 0.168. The van der Waals surface area contributed by atoms with E-state index in [9.17, 15) is 4.79 Å². The number of nitrogens with two attached hydrogens (primary N) is 1. The zero-order valence-corrected chi connectivity index (χ0v) is 10.7. The van der Waals surface area contributed by atoms with E-state index in [1.54, 1.807) is 13.0 Å². The summed E-state index contributed by atoms with van der Waals surface area (Å²) >= 11 is 5.96. The molecule has 0 aliphatic heterocycles. The number of hydrogen-bond donors (Lipinski definition) is 3. The van der Waals surface area contributed by atoms with Crippen LogP contribution in [0.1, 0.15) is 12.5 Å². The van der Waals surface area contributed by atoms with E-state index in [1.165, 1.54) is 17.6 Å². The molecule has 0 aliphatic rings. The van der Waals surface area contributed by atoms with Crippen LogP contribution in [0.5, 0.6) is 0 Å². The minimum Gasteiger partial charge on any atom is -0.450 e. The highest BCUT2D eigenvalue weighted by Gasteiger charge is 2.07. The van der Waals surface area contributed by atoms with Crippen molar-refractivity contribution in [2.24, 2.45) is 10.8 Å². The lowest BCUT2D eigenvalue weighted by atomic mass is 10.3. The van der Waals surface area contributed by atoms with Gasteiger partial charge >= 0.3 is 6.09 Å². The maximum absolute atomic E-state index is 11.2. The molecule has 0 radical (unpaired) electrons. The Kier molecular flexibility index (Phi) is 5.37. The average Bonchev–Trinajstić information content (AvgIpc) is 2.65. The molecule has 0 fully saturated rings. The van der Waals surface area contributed by atoms with Gasteiger partial charge in [0.1, 0.15) is 5.00 Å². The second-order valence-electron chi connectivity index (χ2n) is 2.78. The van der Waals surface area contributed by atoms with Crippen LogP contribution in [0, 0.1) is 0 Å². The van der Waals surface area contributed by atoms with Crippen LogP contribution in [0.25, 0.3) is 0 Å². The Hall–Kier alpha value is -1.67. The molecule has 0 spiro atoms. The van der Waals surface area contributed by atoms with E-state index >= 15 is 0 Å². The zero-order chi connectivity index (χ0) is 12.7. The first-order valence-corrected chi connectivity index (χ1v) is 6.02. The van der Waals surface area contributed by atoms with Crippen molar-refractivity contribution in [2.45, 2.75) is 6.92 Å². The van der Waals surface area contributed by atoms with Gasteiger partial charge in [0.05, 0.1) is 12.8 Å². The Bertz CT molecular complexity index is 430. The van der Waals surface area contributed by atoms with Crippen molar-refractivity contribution in [3.8, 4) is 0 Å². The Morgan fingerprint density at radius 2 is 2.53 bits per heavy atom. The highest BCUT2D eigenvalue weighted by atomic mass is 32.1. The third-order valence-corrected chi connectivity index (χ3v) is 2.50. The first-order chi connectivity index (χ1) is 8.13. The number of ether oxygens (including phenoxy) is 1. The van der Waals surface area contributed by atoms with E-state index in [-0.39, 0.29) is 5.11 Å². The third kappa shape index (κ3) is 4.79. The molecule has 92 valence electrons. The molecule has 1 amide bonds. The van der Waals surface area contributed by atoms with E-state index in [0.717, 1.165) is 5.56 Å². The predicted octanol–water partition coefficient (Wildman–Crippen LogP) is 1.48. The summed E-state index contributed by atoms with van der Waals surface area (Å²) in [6.45, 7) is 2.06. The second-order valence-corrected chi connectivity index (χ2v) is 4.14. The van der Waals surface area contributed by atoms with Crippen LogP contribution in [0.3, 0.4) is 0 Å². The monoisotopic (exact) mass is 272 g/mol. The van der Waals surface area contributed by atoms with E-state index < -0.39 is 6.09 Å². The summed E-state index contributed by atoms with van der Waals surface area (Å²) < 4.78 is 4.77. The van der Waals surface area contributed by atoms with Gasteiger partial charge in [0.2, 0.25) is 0 Å². The molecule has 0 bridgehead atoms. The number of hydrogen-bond acceptors (Lipinski definition) is 5. The molecule has 1 aromatic rings. The highest BCUT2D eigenvalue weighted by Crippen LogP contribution is 2.21. The minimum atomic E-state index is -0.494. The largest absolute Gasteiger partial charge is 0.450 e. The Labute approximate surface area is 108 Å². The molecule has 0 unspecified atom stereocenters. The van der Waals surface area contributed by atoms with Crippen molar-refractivity contribution >= 4 is 46.0 Å². The number of nitrogens with one attached hydrogen (secondary N) is 2. The fourth-order valence-corrected chi connectivity index (χ4v) is 1.75. The standard InChI is InChI=1S/C9H12N4O2S2/c1-2-15-9(14)12-7-6(3-4-17-7)5-11-13-8(10)16/h3-5H,2H2,1H3,(H,12,14)(H3,10,13,16)/b11-5-. The van der Waals surface area contributed by atoms with Crippen molar-refractivity contribution in [1.82, 2.24) is 5.43 Å². The smallest absolute Gasteiger partial charge is 0.412 e. The van der Waals surface area contributed by atoms with Crippen molar-refractivity contribution in [3.05, 3.63) is 17.0 Å². The van der Waals surface area contributed by atoms with Crippen LogP contribution < -0.4 is 16.5 Å². The maximum atomic E-state index is 11.2. The van der Waals surface area contributed by atoms with Gasteiger partial charge in [-0.15, -0.1) is 11.3 Å². The van der Waals surface area contributed by atoms with E-state index in [4.69, 9.17) is 10.5 Å². The van der Waals surface area contributed by atoms with Gasteiger partial charge in [0.15, 0.2) is 5.11 Å². The van der Waals surface area contributed by atoms with E-state index in [2.05, 4.69) is 28.1 Å². The molecular weight excluding hydrogens is 260 g/mol. The number of rotatable bonds is 4. The Morgan fingerprint density at radius 3 is 3.18 bits per heavy atom. The quantitative estimate of drug-likeness (QED) is 0.439. The summed E-state index contributed by atoms with van der Waals surface area (Å²) in [5, 5.41) is 8.96. The van der Waals surface area contributed by atoms with Crippen molar-refractivity contribution in [3.63, 3.8) is 0 Å². The zero-order valence-electron chi connectivity index (χ0n) is 9.10. The number of amides is 1. The summed E-state index contributed by atoms with van der Waals surface area (Å²) in [6, 6.07) is 1.80. The maximum Gasteiger partial charge on any atom is 0.412 e. The molecule has 0 atom stereocenters. The Morgan fingerprint density at radius 1 is 1.76 bits per heavy atom. The van der Waals surface area contributed by atoms with Crippen LogP contribution in [0.15, 0.2) is 16.5 Å². The van der Waals surface area contributed by atoms with E-state index in [0.29, 0.717) is 11.6 Å². The van der Waals surface area contributed by atoms with Gasteiger partial charge in [0, 0.05) is 5.56 Å². The van der Waals surface area contributed by atoms with Crippen LogP contribution in [-0.2, 0) is 4.74 Å². The number of carbonyl (C=O) groups is 1. The molecule has 8 heteroatoms. The first-order valence-electron chi connectivity index (χ1n) is 4.73. The van der Waals surface area contributed by atoms with Gasteiger partial charge in [0.25, 0.3) is 0 Å². The topological polar surface area (TPSA) is 88.7 Å². The third-order valence-electron chi connectivity index (χ3n) is 1.57. The number of anilines is 1. The van der Waals surface area contributed by atoms with Crippen LogP contribution in [0.2, 0.25) is 0 Å². The fourth-order valence-electron chi connectivity index (χ4n) is 0.948. The second kappa shape index (κ2) is 6.81. The molecule has 0 aromatic carbocycles. The van der Waals surface area contributed by atoms with Gasteiger partial charge in [-0.2, -0.15) is 5.10 Å². The summed E-state index contributed by atoms with van der Waals surface area (Å²) in [4.78, 5) is 11.2. The van der Waals surface area contributed by atoms with E-state index in [1.807, 2.05) is 5.38 Å². The SMILES string of the molecule is CCOC(=O)Nc1sccc1/C=N\NC(N)=S. The summed E-state index contributed by atoms with van der Waals surface area (Å²) in [5.41, 5.74) is 8.38. The average molecular weight is 272 g/mol. The molecule has 1 rings (SSSR count). The van der Waals surface area contributed by atoms with Gasteiger partial charge in [-0.25, -0.2) is 4.79 Å². The molecule has 4 N–H and O–H groups in total. The minimum absolute atomic E-state index is 0.0800. The Balaban J connectivity index is 2.62. The molecule has 17 heavy (non-hydrogen) atoms. The molecular formula is C9H12N4O2S2. The predicted molar refractivity (Wildman–Crippen MR) is 72.5 cm³/mol. The van der Waals surface area contributed by atoms with Gasteiger partial charge < -0.3 is 10.5 Å². The van der Waals surface area contributed by atoms with Crippen molar-refractivity contribution in [2.75, 3.05) is 11.9 Å². The normalized spacial score (nSPS) is 10.2. The van der Waals surface area contributed by atoms with Crippen molar-refractivity contribution < 1.29 is 9.53 Å². The number of nitrogens with zero attached hydrogens (tertiary/aromatic N) is 1. The number of hydrazone groups is 1. The molecule has 0 aliphatic carbocycles. The van der Waals surface area contributed by atoms with Crippen LogP contribution >= 0.6 is 23.6 Å². The number of thiophene rings is 1. The van der Waals surface area contributed by atoms with Crippen molar-refractivity contribution in [1.29, 1.82) is 0 Å². The lowest BCUT2D eigenvalue weighted by Crippen LogP contribution is -2.24. The van der Waals surface area contributed by atoms with Crippen LogP contribution in [0.4, 0.5) is 9.80 Å². The summed E-state index contributed by atoms with van der Waals surface area (Å²) in [7, 11) is 0. The summed E-state index contributed by atoms with van der Waals surface area (Å²) in [6.07, 6.45) is 1.02. The molecule has 0 saturated carbocycles. The highest BCUT2D eigenvalue weighted by molar-refractivity contribution is 7.80. The summed E-state index contributed by atoms with van der Waals surface area (Å²) in [5.74, 6) is 0.